The highest BCUT2D eigenvalue weighted by Crippen LogP contribution is 2.59. The van der Waals surface area contributed by atoms with Crippen LogP contribution in [0.25, 0.3) is 0 Å². The van der Waals surface area contributed by atoms with Gasteiger partial charge in [0, 0.05) is 12.0 Å². The van der Waals surface area contributed by atoms with Gasteiger partial charge in [-0.3, -0.25) is 4.79 Å². The predicted molar refractivity (Wildman–Crippen MR) is 107 cm³/mol. The molecule has 4 heteroatoms. The van der Waals surface area contributed by atoms with E-state index in [1.54, 1.807) is 0 Å². The monoisotopic (exact) mass is 378 g/mol. The minimum Gasteiger partial charge on any atom is -0.414 e. The Balaban J connectivity index is 1.93. The largest absolute Gasteiger partial charge is 0.414 e. The SMILES string of the molecule is CC[C@H]1[C@H]2[C@H](C[C@H]1C)[C@H]1CC(C=O)C(=O)[C@@H]1C[C@H]2O[Si](C)(C)C(C)(C)C. The molecule has 3 aliphatic rings. The highest BCUT2D eigenvalue weighted by molar-refractivity contribution is 6.74. The Kier molecular flexibility index (Phi) is 5.33. The van der Waals surface area contributed by atoms with Gasteiger partial charge in [0.15, 0.2) is 8.32 Å². The van der Waals surface area contributed by atoms with Crippen molar-refractivity contribution >= 4 is 20.4 Å². The normalized spacial score (nSPS) is 43.3. The number of rotatable bonds is 4. The second-order valence-electron chi connectivity index (χ2n) is 10.8. The number of ketones is 1. The Morgan fingerprint density at radius 2 is 1.81 bits per heavy atom. The number of Topliss-reactive ketones (excluding diaryl/α,β-unsaturated/α-hetero) is 1. The Morgan fingerprint density at radius 1 is 1.15 bits per heavy atom. The average Bonchev–Trinajstić information content (AvgIpc) is 3.03. The van der Waals surface area contributed by atoms with E-state index in [9.17, 15) is 9.59 Å². The van der Waals surface area contributed by atoms with E-state index in [1.807, 2.05) is 0 Å². The van der Waals surface area contributed by atoms with Crippen LogP contribution in [0.3, 0.4) is 0 Å². The van der Waals surface area contributed by atoms with E-state index >= 15 is 0 Å². The highest BCUT2D eigenvalue weighted by Gasteiger charge is 2.59. The van der Waals surface area contributed by atoms with Crippen LogP contribution < -0.4 is 0 Å². The second kappa shape index (κ2) is 6.84. The third-order valence-corrected chi connectivity index (χ3v) is 13.0. The molecule has 0 N–H and O–H groups in total. The van der Waals surface area contributed by atoms with E-state index in [0.717, 1.165) is 19.1 Å². The van der Waals surface area contributed by atoms with E-state index in [1.165, 1.54) is 12.8 Å². The van der Waals surface area contributed by atoms with Crippen LogP contribution in [0.15, 0.2) is 0 Å². The van der Waals surface area contributed by atoms with Gasteiger partial charge in [-0.15, -0.1) is 0 Å². The van der Waals surface area contributed by atoms with Gasteiger partial charge in [-0.05, 0) is 67.0 Å². The lowest BCUT2D eigenvalue weighted by Gasteiger charge is -2.48. The maximum absolute atomic E-state index is 12.8. The van der Waals surface area contributed by atoms with Crippen molar-refractivity contribution in [3.05, 3.63) is 0 Å². The van der Waals surface area contributed by atoms with Gasteiger partial charge < -0.3 is 9.22 Å². The topological polar surface area (TPSA) is 43.4 Å². The molecule has 148 valence electrons. The number of hydrogen-bond donors (Lipinski definition) is 0. The van der Waals surface area contributed by atoms with Crippen LogP contribution in [0.5, 0.6) is 0 Å². The molecule has 0 aromatic carbocycles. The van der Waals surface area contributed by atoms with E-state index in [-0.39, 0.29) is 28.8 Å². The van der Waals surface area contributed by atoms with Crippen LogP contribution in [-0.2, 0) is 14.0 Å². The van der Waals surface area contributed by atoms with Gasteiger partial charge in [0.2, 0.25) is 0 Å². The number of carbonyl (C=O) groups excluding carboxylic acids is 2. The summed E-state index contributed by atoms with van der Waals surface area (Å²) in [5.74, 6) is 2.87. The lowest BCUT2D eigenvalue weighted by atomic mass is 9.65. The third-order valence-electron chi connectivity index (χ3n) is 8.49. The summed E-state index contributed by atoms with van der Waals surface area (Å²) in [6.07, 6.45) is 5.17. The molecule has 0 bridgehead atoms. The summed E-state index contributed by atoms with van der Waals surface area (Å²) >= 11 is 0. The molecule has 1 unspecified atom stereocenters. The molecular weight excluding hydrogens is 340 g/mol. The minimum absolute atomic E-state index is 0.0593. The van der Waals surface area contributed by atoms with Crippen molar-refractivity contribution in [3.8, 4) is 0 Å². The minimum atomic E-state index is -1.89. The van der Waals surface area contributed by atoms with Crippen molar-refractivity contribution in [2.45, 2.75) is 84.5 Å². The average molecular weight is 379 g/mol. The number of aldehydes is 1. The zero-order valence-electron chi connectivity index (χ0n) is 17.7. The zero-order chi connectivity index (χ0) is 19.4. The first kappa shape index (κ1) is 20.3. The van der Waals surface area contributed by atoms with Crippen molar-refractivity contribution in [3.63, 3.8) is 0 Å². The third kappa shape index (κ3) is 3.15. The van der Waals surface area contributed by atoms with Gasteiger partial charge in [0.25, 0.3) is 0 Å². The molecule has 3 rings (SSSR count). The van der Waals surface area contributed by atoms with E-state index in [4.69, 9.17) is 4.43 Å². The first-order valence-corrected chi connectivity index (χ1v) is 13.6. The molecule has 0 aliphatic heterocycles. The van der Waals surface area contributed by atoms with Crippen LogP contribution >= 0.6 is 0 Å². The van der Waals surface area contributed by atoms with Gasteiger partial charge in [0.05, 0.1) is 5.92 Å². The molecule has 3 fully saturated rings. The fourth-order valence-electron chi connectivity index (χ4n) is 6.18. The van der Waals surface area contributed by atoms with Crippen molar-refractivity contribution in [2.24, 2.45) is 41.4 Å². The van der Waals surface area contributed by atoms with Crippen molar-refractivity contribution in [1.82, 2.24) is 0 Å². The Hall–Kier alpha value is -0.483. The van der Waals surface area contributed by atoms with Gasteiger partial charge >= 0.3 is 0 Å². The molecule has 3 aliphatic carbocycles. The molecule has 0 saturated heterocycles. The maximum atomic E-state index is 12.8. The van der Waals surface area contributed by atoms with Crippen LogP contribution in [0.2, 0.25) is 18.1 Å². The van der Waals surface area contributed by atoms with Crippen LogP contribution in [0.4, 0.5) is 0 Å². The summed E-state index contributed by atoms with van der Waals surface area (Å²) < 4.78 is 6.96. The summed E-state index contributed by atoms with van der Waals surface area (Å²) in [5.41, 5.74) is 0. The Bertz CT molecular complexity index is 564. The summed E-state index contributed by atoms with van der Waals surface area (Å²) in [6, 6.07) is 0. The fourth-order valence-corrected chi connectivity index (χ4v) is 7.54. The molecule has 0 aromatic heterocycles. The summed E-state index contributed by atoms with van der Waals surface area (Å²) in [5, 5.41) is 0.177. The molecule has 3 saturated carbocycles. The van der Waals surface area contributed by atoms with E-state index in [0.29, 0.717) is 29.6 Å². The quantitative estimate of drug-likeness (QED) is 0.388. The number of fused-ring (bicyclic) bond motifs is 3. The lowest BCUT2D eigenvalue weighted by Crippen LogP contribution is -2.51. The van der Waals surface area contributed by atoms with Gasteiger partial charge in [-0.2, -0.15) is 0 Å². The van der Waals surface area contributed by atoms with Gasteiger partial charge in [-0.25, -0.2) is 0 Å². The molecule has 0 spiro atoms. The molecule has 8 atom stereocenters. The standard InChI is InChI=1S/C22H38O3Si/c1-8-15-13(2)9-17-16-10-14(12-23)21(24)18(16)11-19(20(15)17)25-26(6,7)22(3,4)5/h12-20H,8-11H2,1-7H3/t13-,14?,15-,16-,17-,18-,19-,20+/m1/s1. The van der Waals surface area contributed by atoms with Crippen LogP contribution in [0, 0.1) is 41.4 Å². The van der Waals surface area contributed by atoms with Crippen LogP contribution in [0.1, 0.15) is 60.3 Å². The summed E-state index contributed by atoms with van der Waals surface area (Å²) in [6.45, 7) is 16.2. The molecular formula is C22H38O3Si. The summed E-state index contributed by atoms with van der Waals surface area (Å²) in [7, 11) is -1.89. The van der Waals surface area contributed by atoms with Crippen LogP contribution in [-0.4, -0.2) is 26.5 Å². The van der Waals surface area contributed by atoms with Gasteiger partial charge in [0.1, 0.15) is 12.1 Å². The smallest absolute Gasteiger partial charge is 0.192 e. The number of hydrogen-bond acceptors (Lipinski definition) is 3. The molecule has 0 heterocycles. The Labute approximate surface area is 160 Å². The highest BCUT2D eigenvalue weighted by atomic mass is 28.4. The second-order valence-corrected chi connectivity index (χ2v) is 15.6. The maximum Gasteiger partial charge on any atom is 0.192 e. The number of carbonyl (C=O) groups is 2. The van der Waals surface area contributed by atoms with Crippen molar-refractivity contribution in [1.29, 1.82) is 0 Å². The molecule has 0 aromatic rings. The van der Waals surface area contributed by atoms with E-state index in [2.05, 4.69) is 47.7 Å². The van der Waals surface area contributed by atoms with Gasteiger partial charge in [-0.1, -0.05) is 41.0 Å². The molecule has 0 radical (unpaired) electrons. The summed E-state index contributed by atoms with van der Waals surface area (Å²) in [4.78, 5) is 24.3. The van der Waals surface area contributed by atoms with Crippen molar-refractivity contribution < 1.29 is 14.0 Å². The molecule has 26 heavy (non-hydrogen) atoms. The fraction of sp³-hybridized carbons (Fsp3) is 0.909. The van der Waals surface area contributed by atoms with Crippen molar-refractivity contribution in [2.75, 3.05) is 0 Å². The predicted octanol–water partition coefficient (Wildman–Crippen LogP) is 5.10. The molecule has 0 amide bonds. The zero-order valence-corrected chi connectivity index (χ0v) is 18.7. The first-order chi connectivity index (χ1) is 12.0. The first-order valence-electron chi connectivity index (χ1n) is 10.7. The van der Waals surface area contributed by atoms with E-state index < -0.39 is 8.32 Å². The Morgan fingerprint density at radius 3 is 2.35 bits per heavy atom. The lowest BCUT2D eigenvalue weighted by molar-refractivity contribution is -0.130. The molecule has 3 nitrogen and oxygen atoms in total.